The summed E-state index contributed by atoms with van der Waals surface area (Å²) < 4.78 is 21.3. The number of hydrogen-bond acceptors (Lipinski definition) is 7. The Morgan fingerprint density at radius 2 is 1.26 bits per heavy atom. The third-order valence-electron chi connectivity index (χ3n) is 5.23. The number of unbranched alkanes of at least 4 members (excludes halogenated alkanes) is 14. The van der Waals surface area contributed by atoms with Gasteiger partial charge in [-0.05, 0) is 6.42 Å². The van der Waals surface area contributed by atoms with Crippen molar-refractivity contribution in [1.82, 2.24) is 0 Å². The van der Waals surface area contributed by atoms with Gasteiger partial charge in [-0.3, -0.25) is 9.36 Å². The Labute approximate surface area is 190 Å². The van der Waals surface area contributed by atoms with Crippen LogP contribution in [0, 0.1) is 0 Å². The van der Waals surface area contributed by atoms with Gasteiger partial charge in [-0.15, -0.1) is 0 Å². The summed E-state index contributed by atoms with van der Waals surface area (Å²) in [4.78, 5) is 11.7. The topological polar surface area (TPSA) is 119 Å². The third kappa shape index (κ3) is 24.0. The smallest absolute Gasteiger partial charge is 0.305 e. The minimum absolute atomic E-state index is 0.156. The average Bonchev–Trinajstić information content (AvgIpc) is 2.73. The molecule has 0 radical (unpaired) electrons. The monoisotopic (exact) mass is 465 g/mol. The summed E-state index contributed by atoms with van der Waals surface area (Å²) in [7, 11) is -2.48. The summed E-state index contributed by atoms with van der Waals surface area (Å²) in [5.41, 5.74) is 5.10. The Morgan fingerprint density at radius 1 is 0.806 bits per heavy atom. The highest BCUT2D eigenvalue weighted by atomic mass is 31.1. The van der Waals surface area contributed by atoms with Crippen molar-refractivity contribution >= 4 is 14.0 Å². The molecular formula is C23H48NO6P. The molecular weight excluding hydrogens is 417 g/mol. The van der Waals surface area contributed by atoms with Gasteiger partial charge in [0.25, 0.3) is 0 Å². The lowest BCUT2D eigenvalue weighted by molar-refractivity contribution is -0.147. The second kappa shape index (κ2) is 22.7. The van der Waals surface area contributed by atoms with Crippen LogP contribution in [0.2, 0.25) is 0 Å². The number of carbonyl (C=O) groups excluding carboxylic acids is 1. The van der Waals surface area contributed by atoms with E-state index in [1.807, 2.05) is 0 Å². The summed E-state index contributed by atoms with van der Waals surface area (Å²) in [6, 6.07) is 0. The van der Waals surface area contributed by atoms with Crippen LogP contribution in [0.3, 0.4) is 0 Å². The fourth-order valence-corrected chi connectivity index (χ4v) is 4.21. The first-order valence-electron chi connectivity index (χ1n) is 12.4. The van der Waals surface area contributed by atoms with Crippen molar-refractivity contribution in [2.75, 3.05) is 19.4 Å². The molecule has 0 amide bonds. The van der Waals surface area contributed by atoms with Crippen LogP contribution in [0.25, 0.3) is 0 Å². The van der Waals surface area contributed by atoms with Crippen molar-refractivity contribution in [3.63, 3.8) is 0 Å². The summed E-state index contributed by atoms with van der Waals surface area (Å²) >= 11 is 0. The molecule has 0 aliphatic heterocycles. The van der Waals surface area contributed by atoms with E-state index in [2.05, 4.69) is 6.92 Å². The number of nitrogens with two attached hydrogens (primary N) is 1. The first-order chi connectivity index (χ1) is 15.0. The predicted octanol–water partition coefficient (Wildman–Crippen LogP) is 4.92. The highest BCUT2D eigenvalue weighted by Crippen LogP contribution is 2.22. The van der Waals surface area contributed by atoms with Gasteiger partial charge in [-0.25, -0.2) is 0 Å². The first kappa shape index (κ1) is 30.5. The molecule has 0 aliphatic carbocycles. The molecule has 0 aromatic heterocycles. The van der Waals surface area contributed by atoms with Crippen molar-refractivity contribution in [1.29, 1.82) is 0 Å². The van der Waals surface area contributed by atoms with E-state index in [-0.39, 0.29) is 25.3 Å². The molecule has 3 atom stereocenters. The molecule has 4 N–H and O–H groups in total. The van der Waals surface area contributed by atoms with Crippen LogP contribution >= 0.6 is 8.03 Å². The van der Waals surface area contributed by atoms with Crippen molar-refractivity contribution < 1.29 is 28.8 Å². The van der Waals surface area contributed by atoms with Gasteiger partial charge in [0, 0.05) is 6.42 Å². The molecule has 0 aromatic rings. The zero-order valence-corrected chi connectivity index (χ0v) is 20.7. The lowest BCUT2D eigenvalue weighted by Crippen LogP contribution is -2.24. The number of rotatable bonds is 23. The fourth-order valence-electron chi connectivity index (χ4n) is 3.37. The van der Waals surface area contributed by atoms with E-state index in [0.717, 1.165) is 19.3 Å². The molecule has 0 heterocycles. The van der Waals surface area contributed by atoms with Crippen molar-refractivity contribution in [3.8, 4) is 0 Å². The second-order valence-corrected chi connectivity index (χ2v) is 9.93. The third-order valence-corrected chi connectivity index (χ3v) is 6.47. The molecule has 31 heavy (non-hydrogen) atoms. The van der Waals surface area contributed by atoms with E-state index in [4.69, 9.17) is 20.1 Å². The van der Waals surface area contributed by atoms with Crippen LogP contribution in [-0.2, 0) is 18.6 Å². The Balaban J connectivity index is 3.34. The number of carbonyl (C=O) groups is 1. The molecule has 0 rings (SSSR count). The molecule has 7 nitrogen and oxygen atoms in total. The normalized spacial score (nSPS) is 14.3. The largest absolute Gasteiger partial charge is 0.463 e. The zero-order chi connectivity index (χ0) is 23.2. The van der Waals surface area contributed by atoms with Crippen LogP contribution in [0.5, 0.6) is 0 Å². The number of hydrogen-bond donors (Lipinski definition) is 3. The summed E-state index contributed by atoms with van der Waals surface area (Å²) in [5, 5.41) is 18.6. The maximum absolute atomic E-state index is 11.7. The van der Waals surface area contributed by atoms with E-state index in [0.29, 0.717) is 6.42 Å². The van der Waals surface area contributed by atoms with Crippen LogP contribution < -0.4 is 5.73 Å². The lowest BCUT2D eigenvalue weighted by Gasteiger charge is -2.12. The van der Waals surface area contributed by atoms with Crippen LogP contribution in [-0.4, -0.2) is 47.9 Å². The van der Waals surface area contributed by atoms with Crippen molar-refractivity contribution in [3.05, 3.63) is 0 Å². The van der Waals surface area contributed by atoms with Crippen LogP contribution in [0.4, 0.5) is 0 Å². The van der Waals surface area contributed by atoms with E-state index in [9.17, 15) is 14.5 Å². The maximum Gasteiger partial charge on any atom is 0.305 e. The Hall–Kier alpha value is -0.460. The van der Waals surface area contributed by atoms with E-state index < -0.39 is 20.4 Å². The van der Waals surface area contributed by atoms with Crippen LogP contribution in [0.1, 0.15) is 110 Å². The average molecular weight is 466 g/mol. The summed E-state index contributed by atoms with van der Waals surface area (Å²) in [6.07, 6.45) is 17.1. The molecule has 0 aromatic carbocycles. The molecule has 0 saturated carbocycles. The minimum Gasteiger partial charge on any atom is -0.463 e. The quantitative estimate of drug-likeness (QED) is 0.0848. The highest BCUT2D eigenvalue weighted by Gasteiger charge is 2.12. The predicted molar refractivity (Wildman–Crippen MR) is 127 cm³/mol. The van der Waals surface area contributed by atoms with E-state index in [1.54, 1.807) is 0 Å². The van der Waals surface area contributed by atoms with E-state index >= 15 is 0 Å². The Kier molecular flexibility index (Phi) is 22.4. The van der Waals surface area contributed by atoms with Gasteiger partial charge < -0.3 is 25.2 Å². The van der Waals surface area contributed by atoms with Gasteiger partial charge in [0.2, 0.25) is 0 Å². The molecule has 0 bridgehead atoms. The first-order valence-corrected chi connectivity index (χ1v) is 13.9. The standard InChI is InChI=1S/C23H48NO6P/c1-2-3-4-5-6-7-8-9-10-11-12-13-14-15-16-17-23(27)29-18-21(25)19-30-31(28)20-22(24)26/h21-22,25-26,31H,2-20,24H2,1H3. The molecule has 0 fully saturated rings. The van der Waals surface area contributed by atoms with Gasteiger partial charge >= 0.3 is 5.97 Å². The van der Waals surface area contributed by atoms with Gasteiger partial charge in [0.05, 0.1) is 12.8 Å². The van der Waals surface area contributed by atoms with Gasteiger partial charge in [-0.2, -0.15) is 0 Å². The molecule has 3 unspecified atom stereocenters. The Morgan fingerprint density at radius 3 is 1.71 bits per heavy atom. The van der Waals surface area contributed by atoms with Crippen molar-refractivity contribution in [2.24, 2.45) is 5.73 Å². The SMILES string of the molecule is CCCCCCCCCCCCCCCCCC(=O)OCC(O)CO[PH](=O)CC(N)O. The van der Waals surface area contributed by atoms with Crippen LogP contribution in [0.15, 0.2) is 0 Å². The number of ether oxygens (including phenoxy) is 1. The fraction of sp³-hybridized carbons (Fsp3) is 0.957. The summed E-state index contributed by atoms with van der Waals surface area (Å²) in [6.45, 7) is 1.86. The molecule has 8 heteroatoms. The van der Waals surface area contributed by atoms with Gasteiger partial charge in [0.15, 0.2) is 8.03 Å². The number of aliphatic hydroxyl groups excluding tert-OH is 2. The van der Waals surface area contributed by atoms with Crippen molar-refractivity contribution in [2.45, 2.75) is 122 Å². The Bertz CT molecular complexity index is 436. The van der Waals surface area contributed by atoms with Gasteiger partial charge in [0.1, 0.15) is 18.9 Å². The molecule has 0 spiro atoms. The molecule has 0 saturated heterocycles. The van der Waals surface area contributed by atoms with E-state index in [1.165, 1.54) is 77.0 Å². The number of aliphatic hydroxyl groups is 2. The molecule has 186 valence electrons. The lowest BCUT2D eigenvalue weighted by atomic mass is 10.0. The second-order valence-electron chi connectivity index (χ2n) is 8.49. The molecule has 0 aliphatic rings. The highest BCUT2D eigenvalue weighted by molar-refractivity contribution is 7.39. The number of esters is 1. The minimum atomic E-state index is -2.48. The maximum atomic E-state index is 11.7. The van der Waals surface area contributed by atoms with Gasteiger partial charge in [-0.1, -0.05) is 96.8 Å². The summed E-state index contributed by atoms with van der Waals surface area (Å²) in [5.74, 6) is -0.334. The zero-order valence-electron chi connectivity index (χ0n) is 19.7.